The fourth-order valence-electron chi connectivity index (χ4n) is 2.52. The van der Waals surface area contributed by atoms with Crippen LogP contribution in [-0.2, 0) is 0 Å². The first kappa shape index (κ1) is 13.4. The lowest BCUT2D eigenvalue weighted by Crippen LogP contribution is -2.33. The summed E-state index contributed by atoms with van der Waals surface area (Å²) in [5, 5.41) is 9.99. The minimum absolute atomic E-state index is 0.377. The number of ether oxygens (including phenoxy) is 1. The number of benzene rings is 1. The number of hydrogen-bond donors (Lipinski definition) is 1. The van der Waals surface area contributed by atoms with Crippen molar-refractivity contribution in [2.24, 2.45) is 0 Å². The molecule has 0 amide bonds. The van der Waals surface area contributed by atoms with Crippen LogP contribution in [0.2, 0.25) is 0 Å². The van der Waals surface area contributed by atoms with Gasteiger partial charge in [-0.3, -0.25) is 0 Å². The molecule has 0 aliphatic carbocycles. The quantitative estimate of drug-likeness (QED) is 0.868. The van der Waals surface area contributed by atoms with Gasteiger partial charge >= 0.3 is 0 Å². The number of rotatable bonds is 5. The molecule has 0 saturated carbocycles. The first-order valence-corrected chi connectivity index (χ1v) is 6.76. The topological polar surface area (TPSA) is 32.7 Å². The normalized spacial score (nSPS) is 17.9. The summed E-state index contributed by atoms with van der Waals surface area (Å²) in [6.07, 6.45) is 2.11. The van der Waals surface area contributed by atoms with Crippen LogP contribution in [0.5, 0.6) is 5.75 Å². The smallest absolute Gasteiger partial charge is 0.125 e. The molecular weight excluding hydrogens is 226 g/mol. The Hall–Kier alpha value is -1.06. The SMILES string of the molecule is Cc1cccc(C)c1OC[C@H](O)CN1CCCC1. The molecular formula is C15H23NO2. The van der Waals surface area contributed by atoms with E-state index >= 15 is 0 Å². The molecule has 1 atom stereocenters. The minimum atomic E-state index is -0.401. The molecule has 1 aromatic carbocycles. The number of para-hydroxylation sites is 1. The summed E-state index contributed by atoms with van der Waals surface area (Å²) in [6.45, 7) is 7.40. The highest BCUT2D eigenvalue weighted by Crippen LogP contribution is 2.22. The predicted octanol–water partition coefficient (Wildman–Crippen LogP) is 2.14. The van der Waals surface area contributed by atoms with Gasteiger partial charge in [0.25, 0.3) is 0 Å². The third-order valence-corrected chi connectivity index (χ3v) is 3.50. The maximum absolute atomic E-state index is 9.99. The zero-order valence-corrected chi connectivity index (χ0v) is 11.4. The third kappa shape index (κ3) is 3.47. The summed E-state index contributed by atoms with van der Waals surface area (Å²) in [5.41, 5.74) is 2.26. The molecule has 100 valence electrons. The Morgan fingerprint density at radius 1 is 1.22 bits per heavy atom. The molecule has 1 N–H and O–H groups in total. The summed E-state index contributed by atoms with van der Waals surface area (Å²) >= 11 is 0. The average molecular weight is 249 g/mol. The molecule has 1 saturated heterocycles. The van der Waals surface area contributed by atoms with Crippen LogP contribution in [0.3, 0.4) is 0 Å². The molecule has 1 aliphatic rings. The number of aliphatic hydroxyl groups excluding tert-OH is 1. The Labute approximate surface area is 109 Å². The van der Waals surface area contributed by atoms with E-state index in [0.717, 1.165) is 36.5 Å². The molecule has 3 heteroatoms. The van der Waals surface area contributed by atoms with Gasteiger partial charge in [0.1, 0.15) is 18.5 Å². The van der Waals surface area contributed by atoms with Gasteiger partial charge in [-0.15, -0.1) is 0 Å². The van der Waals surface area contributed by atoms with Crippen LogP contribution < -0.4 is 4.74 Å². The van der Waals surface area contributed by atoms with Crippen LogP contribution in [0.15, 0.2) is 18.2 Å². The summed E-state index contributed by atoms with van der Waals surface area (Å²) in [5.74, 6) is 0.915. The van der Waals surface area contributed by atoms with Gasteiger partial charge in [-0.25, -0.2) is 0 Å². The molecule has 0 bridgehead atoms. The molecule has 1 aromatic rings. The second kappa shape index (κ2) is 6.21. The molecule has 0 radical (unpaired) electrons. The van der Waals surface area contributed by atoms with Crippen molar-refractivity contribution in [3.05, 3.63) is 29.3 Å². The van der Waals surface area contributed by atoms with Crippen molar-refractivity contribution in [3.8, 4) is 5.75 Å². The van der Waals surface area contributed by atoms with E-state index in [0.29, 0.717) is 6.61 Å². The lowest BCUT2D eigenvalue weighted by molar-refractivity contribution is 0.0753. The van der Waals surface area contributed by atoms with E-state index in [-0.39, 0.29) is 0 Å². The van der Waals surface area contributed by atoms with Crippen LogP contribution in [0.1, 0.15) is 24.0 Å². The van der Waals surface area contributed by atoms with Gasteiger partial charge in [-0.2, -0.15) is 0 Å². The molecule has 0 unspecified atom stereocenters. The molecule has 0 aromatic heterocycles. The predicted molar refractivity (Wildman–Crippen MR) is 73.1 cm³/mol. The van der Waals surface area contributed by atoms with Crippen molar-refractivity contribution in [2.75, 3.05) is 26.2 Å². The Morgan fingerprint density at radius 3 is 2.44 bits per heavy atom. The zero-order chi connectivity index (χ0) is 13.0. The van der Waals surface area contributed by atoms with Crippen LogP contribution >= 0.6 is 0 Å². The van der Waals surface area contributed by atoms with Crippen molar-refractivity contribution in [2.45, 2.75) is 32.8 Å². The highest BCUT2D eigenvalue weighted by molar-refractivity contribution is 5.39. The van der Waals surface area contributed by atoms with E-state index in [1.54, 1.807) is 0 Å². The summed E-state index contributed by atoms with van der Waals surface area (Å²) in [4.78, 5) is 2.30. The fourth-order valence-corrected chi connectivity index (χ4v) is 2.52. The molecule has 3 nitrogen and oxygen atoms in total. The minimum Gasteiger partial charge on any atom is -0.490 e. The molecule has 0 spiro atoms. The standard InChI is InChI=1S/C15H23NO2/c1-12-6-5-7-13(2)15(12)18-11-14(17)10-16-8-3-4-9-16/h5-7,14,17H,3-4,8-11H2,1-2H3/t14-/m1/s1. The summed E-state index contributed by atoms with van der Waals surface area (Å²) in [6, 6.07) is 6.10. The lowest BCUT2D eigenvalue weighted by Gasteiger charge is -2.20. The molecule has 18 heavy (non-hydrogen) atoms. The zero-order valence-electron chi connectivity index (χ0n) is 11.4. The Morgan fingerprint density at radius 2 is 1.83 bits per heavy atom. The average Bonchev–Trinajstić information content (AvgIpc) is 2.81. The van der Waals surface area contributed by atoms with E-state index in [1.807, 2.05) is 32.0 Å². The highest BCUT2D eigenvalue weighted by Gasteiger charge is 2.16. The lowest BCUT2D eigenvalue weighted by atomic mass is 10.1. The first-order valence-electron chi connectivity index (χ1n) is 6.76. The summed E-state index contributed by atoms with van der Waals surface area (Å²) in [7, 11) is 0. The number of nitrogens with zero attached hydrogens (tertiary/aromatic N) is 1. The van der Waals surface area contributed by atoms with Crippen molar-refractivity contribution in [1.29, 1.82) is 0 Å². The van der Waals surface area contributed by atoms with E-state index in [4.69, 9.17) is 4.74 Å². The van der Waals surface area contributed by atoms with Crippen LogP contribution in [0, 0.1) is 13.8 Å². The van der Waals surface area contributed by atoms with Crippen LogP contribution in [0.4, 0.5) is 0 Å². The molecule has 1 fully saturated rings. The molecule has 2 rings (SSSR count). The first-order chi connectivity index (χ1) is 8.66. The highest BCUT2D eigenvalue weighted by atomic mass is 16.5. The number of likely N-dealkylation sites (tertiary alicyclic amines) is 1. The summed E-state index contributed by atoms with van der Waals surface area (Å²) < 4.78 is 5.76. The van der Waals surface area contributed by atoms with Gasteiger partial charge in [0.05, 0.1) is 0 Å². The van der Waals surface area contributed by atoms with Gasteiger partial charge in [-0.1, -0.05) is 18.2 Å². The van der Waals surface area contributed by atoms with E-state index in [2.05, 4.69) is 4.90 Å². The molecule has 1 aliphatic heterocycles. The van der Waals surface area contributed by atoms with Crippen molar-refractivity contribution < 1.29 is 9.84 Å². The number of aliphatic hydroxyl groups is 1. The maximum Gasteiger partial charge on any atom is 0.125 e. The number of hydrogen-bond acceptors (Lipinski definition) is 3. The van der Waals surface area contributed by atoms with Gasteiger partial charge < -0.3 is 14.7 Å². The van der Waals surface area contributed by atoms with Gasteiger partial charge in [0.15, 0.2) is 0 Å². The van der Waals surface area contributed by atoms with Crippen LogP contribution in [0.25, 0.3) is 0 Å². The van der Waals surface area contributed by atoms with Crippen molar-refractivity contribution >= 4 is 0 Å². The Kier molecular flexibility index (Phi) is 4.61. The van der Waals surface area contributed by atoms with E-state index in [9.17, 15) is 5.11 Å². The fraction of sp³-hybridized carbons (Fsp3) is 0.600. The van der Waals surface area contributed by atoms with E-state index in [1.165, 1.54) is 12.8 Å². The van der Waals surface area contributed by atoms with Crippen molar-refractivity contribution in [1.82, 2.24) is 4.90 Å². The largest absolute Gasteiger partial charge is 0.490 e. The Balaban J connectivity index is 1.83. The van der Waals surface area contributed by atoms with Gasteiger partial charge in [-0.05, 0) is 50.9 Å². The van der Waals surface area contributed by atoms with Crippen LogP contribution in [-0.4, -0.2) is 42.4 Å². The second-order valence-corrected chi connectivity index (χ2v) is 5.19. The van der Waals surface area contributed by atoms with Crippen molar-refractivity contribution in [3.63, 3.8) is 0 Å². The molecule has 1 heterocycles. The van der Waals surface area contributed by atoms with Gasteiger partial charge in [0.2, 0.25) is 0 Å². The second-order valence-electron chi connectivity index (χ2n) is 5.19. The number of aryl methyl sites for hydroxylation is 2. The Bertz CT molecular complexity index is 366. The van der Waals surface area contributed by atoms with Gasteiger partial charge in [0, 0.05) is 6.54 Å². The third-order valence-electron chi connectivity index (χ3n) is 3.50. The van der Waals surface area contributed by atoms with E-state index < -0.39 is 6.10 Å². The monoisotopic (exact) mass is 249 g/mol. The number of β-amino-alcohol motifs (C(OH)–C–C–N with tert-alkyl or cyclic N) is 1. The maximum atomic E-state index is 9.99.